The van der Waals surface area contributed by atoms with Crippen LogP contribution in [0.1, 0.15) is 18.9 Å². The minimum atomic E-state index is -1.52. The molecule has 2 rings (SSSR count). The molecule has 0 spiro atoms. The largest absolute Gasteiger partial charge is 0.481 e. The summed E-state index contributed by atoms with van der Waals surface area (Å²) in [7, 11) is 0. The number of carbonyl (C=O) groups is 3. The highest BCUT2D eigenvalue weighted by atomic mass is 32.2. The van der Waals surface area contributed by atoms with Crippen LogP contribution in [0.4, 0.5) is 0 Å². The molecular formula is C17H15NO5S2. The number of allylic oxidation sites excluding steroid dienone is 2. The number of rotatable bonds is 6. The number of aliphatic carboxylic acids is 2. The fourth-order valence-electron chi connectivity index (χ4n) is 2.26. The minimum Gasteiger partial charge on any atom is -0.481 e. The fraction of sp³-hybridized carbons (Fsp3) is 0.176. The van der Waals surface area contributed by atoms with Crippen molar-refractivity contribution in [1.82, 2.24) is 4.90 Å². The Morgan fingerprint density at radius 2 is 1.92 bits per heavy atom. The highest BCUT2D eigenvalue weighted by Gasteiger charge is 2.41. The number of hydrogen-bond donors (Lipinski definition) is 2. The number of carbonyl (C=O) groups excluding carboxylic acids is 1. The van der Waals surface area contributed by atoms with Crippen LogP contribution < -0.4 is 0 Å². The van der Waals surface area contributed by atoms with Gasteiger partial charge in [0.15, 0.2) is 0 Å². The average Bonchev–Trinajstić information content (AvgIpc) is 2.79. The standard InChI is InChI=1S/C17H15NO5S2/c1-10(7-11-5-3-2-4-6-11)8-13-15(21)18(17(24)25-13)12(16(22)23)9-14(19)20/h2-8,12H,9H2,1H3,(H,19,20)(H,22,23)/b10-7+,13-8-. The first kappa shape index (κ1) is 18.9. The van der Waals surface area contributed by atoms with Gasteiger partial charge in [-0.25, -0.2) is 4.79 Å². The second-order valence-corrected chi connectivity index (χ2v) is 6.98. The van der Waals surface area contributed by atoms with E-state index in [1.54, 1.807) is 6.08 Å². The molecule has 0 bridgehead atoms. The van der Waals surface area contributed by atoms with Gasteiger partial charge in [-0.05, 0) is 24.1 Å². The molecule has 0 aromatic heterocycles. The lowest BCUT2D eigenvalue weighted by Crippen LogP contribution is -2.45. The van der Waals surface area contributed by atoms with Crippen LogP contribution in [0.25, 0.3) is 6.08 Å². The molecule has 0 aliphatic carbocycles. The molecule has 1 heterocycles. The Labute approximate surface area is 153 Å². The van der Waals surface area contributed by atoms with Crippen molar-refractivity contribution in [3.05, 3.63) is 52.4 Å². The van der Waals surface area contributed by atoms with E-state index in [0.29, 0.717) is 0 Å². The molecule has 1 amide bonds. The summed E-state index contributed by atoms with van der Waals surface area (Å²) in [4.78, 5) is 35.8. The van der Waals surface area contributed by atoms with E-state index in [9.17, 15) is 19.5 Å². The first-order valence-corrected chi connectivity index (χ1v) is 8.47. The summed E-state index contributed by atoms with van der Waals surface area (Å²) >= 11 is 6.04. The molecule has 1 fully saturated rings. The molecule has 1 aliphatic rings. The predicted molar refractivity (Wildman–Crippen MR) is 98.9 cm³/mol. The lowest BCUT2D eigenvalue weighted by molar-refractivity contribution is -0.150. The Morgan fingerprint density at radius 1 is 1.28 bits per heavy atom. The summed E-state index contributed by atoms with van der Waals surface area (Å²) in [6.45, 7) is 1.81. The van der Waals surface area contributed by atoms with Gasteiger partial charge in [-0.3, -0.25) is 14.5 Å². The van der Waals surface area contributed by atoms with E-state index >= 15 is 0 Å². The molecular weight excluding hydrogens is 362 g/mol. The van der Waals surface area contributed by atoms with Crippen molar-refractivity contribution in [2.75, 3.05) is 0 Å². The second-order valence-electron chi connectivity index (χ2n) is 5.30. The molecule has 2 N–H and O–H groups in total. The zero-order valence-corrected chi connectivity index (χ0v) is 14.8. The fourth-order valence-corrected chi connectivity index (χ4v) is 3.67. The van der Waals surface area contributed by atoms with Gasteiger partial charge in [-0.1, -0.05) is 60.4 Å². The van der Waals surface area contributed by atoms with E-state index < -0.39 is 30.3 Å². The van der Waals surface area contributed by atoms with Gasteiger partial charge >= 0.3 is 11.9 Å². The third-order valence-electron chi connectivity index (χ3n) is 3.34. The van der Waals surface area contributed by atoms with E-state index in [2.05, 4.69) is 0 Å². The Bertz CT molecular complexity index is 785. The van der Waals surface area contributed by atoms with Crippen molar-refractivity contribution < 1.29 is 24.6 Å². The van der Waals surface area contributed by atoms with Gasteiger partial charge in [-0.15, -0.1) is 0 Å². The molecule has 1 aliphatic heterocycles. The second kappa shape index (κ2) is 8.09. The van der Waals surface area contributed by atoms with Gasteiger partial charge in [0.2, 0.25) is 0 Å². The van der Waals surface area contributed by atoms with Crippen molar-refractivity contribution >= 4 is 52.2 Å². The number of amides is 1. The van der Waals surface area contributed by atoms with Crippen molar-refractivity contribution in [2.45, 2.75) is 19.4 Å². The molecule has 1 atom stereocenters. The predicted octanol–water partition coefficient (Wildman–Crippen LogP) is 2.76. The van der Waals surface area contributed by atoms with Crippen LogP contribution >= 0.6 is 24.0 Å². The summed E-state index contributed by atoms with van der Waals surface area (Å²) < 4.78 is 0.0393. The van der Waals surface area contributed by atoms with Crippen LogP contribution in [0.2, 0.25) is 0 Å². The highest BCUT2D eigenvalue weighted by Crippen LogP contribution is 2.34. The van der Waals surface area contributed by atoms with Crippen LogP contribution in [-0.4, -0.2) is 43.3 Å². The quantitative estimate of drug-likeness (QED) is 0.581. The van der Waals surface area contributed by atoms with Gasteiger partial charge in [0.05, 0.1) is 11.3 Å². The number of thioether (sulfide) groups is 1. The van der Waals surface area contributed by atoms with Crippen molar-refractivity contribution in [2.24, 2.45) is 0 Å². The molecule has 8 heteroatoms. The van der Waals surface area contributed by atoms with E-state index in [1.807, 2.05) is 43.3 Å². The number of carboxylic acid groups (broad SMARTS) is 2. The van der Waals surface area contributed by atoms with Gasteiger partial charge in [-0.2, -0.15) is 0 Å². The molecule has 1 unspecified atom stereocenters. The highest BCUT2D eigenvalue weighted by molar-refractivity contribution is 8.26. The van der Waals surface area contributed by atoms with Crippen LogP contribution in [0.3, 0.4) is 0 Å². The number of benzene rings is 1. The molecule has 130 valence electrons. The van der Waals surface area contributed by atoms with Gasteiger partial charge in [0.1, 0.15) is 10.4 Å². The lowest BCUT2D eigenvalue weighted by Gasteiger charge is -2.21. The topological polar surface area (TPSA) is 94.9 Å². The third-order valence-corrected chi connectivity index (χ3v) is 4.67. The summed E-state index contributed by atoms with van der Waals surface area (Å²) in [6, 6.07) is 7.98. The number of hydrogen-bond acceptors (Lipinski definition) is 5. The molecule has 1 aromatic carbocycles. The maximum absolute atomic E-state index is 12.5. The van der Waals surface area contributed by atoms with Gasteiger partial charge < -0.3 is 10.2 Å². The third kappa shape index (κ3) is 4.77. The van der Waals surface area contributed by atoms with E-state index in [-0.39, 0.29) is 9.23 Å². The molecule has 0 saturated carbocycles. The molecule has 1 saturated heterocycles. The minimum absolute atomic E-state index is 0.0393. The smallest absolute Gasteiger partial charge is 0.327 e. The van der Waals surface area contributed by atoms with E-state index in [0.717, 1.165) is 27.8 Å². The normalized spacial score (nSPS) is 17.9. The van der Waals surface area contributed by atoms with E-state index in [1.165, 1.54) is 0 Å². The maximum Gasteiger partial charge on any atom is 0.327 e. The maximum atomic E-state index is 12.5. The Hall–Kier alpha value is -2.45. The summed E-state index contributed by atoms with van der Waals surface area (Å²) in [5.41, 5.74) is 1.75. The van der Waals surface area contributed by atoms with Crippen LogP contribution in [0.5, 0.6) is 0 Å². The molecule has 0 radical (unpaired) electrons. The average molecular weight is 377 g/mol. The van der Waals surface area contributed by atoms with Crippen LogP contribution in [0, 0.1) is 0 Å². The van der Waals surface area contributed by atoms with Crippen LogP contribution in [0.15, 0.2) is 46.9 Å². The van der Waals surface area contributed by atoms with Gasteiger partial charge in [0.25, 0.3) is 5.91 Å². The monoisotopic (exact) mass is 377 g/mol. The van der Waals surface area contributed by atoms with Crippen molar-refractivity contribution in [3.63, 3.8) is 0 Å². The summed E-state index contributed by atoms with van der Waals surface area (Å²) in [6.07, 6.45) is 2.78. The van der Waals surface area contributed by atoms with Gasteiger partial charge in [0, 0.05) is 0 Å². The zero-order valence-electron chi connectivity index (χ0n) is 13.2. The summed E-state index contributed by atoms with van der Waals surface area (Å²) in [5, 5.41) is 18.1. The van der Waals surface area contributed by atoms with E-state index in [4.69, 9.17) is 17.3 Å². The summed E-state index contributed by atoms with van der Waals surface area (Å²) in [5.74, 6) is -3.31. The number of thiocarbonyl (C=S) groups is 1. The Kier molecular flexibility index (Phi) is 6.11. The van der Waals surface area contributed by atoms with Crippen LogP contribution in [-0.2, 0) is 14.4 Å². The van der Waals surface area contributed by atoms with Crippen molar-refractivity contribution in [3.8, 4) is 0 Å². The first-order chi connectivity index (χ1) is 11.8. The zero-order chi connectivity index (χ0) is 18.6. The number of carboxylic acids is 2. The molecule has 25 heavy (non-hydrogen) atoms. The number of nitrogens with zero attached hydrogens (tertiary/aromatic N) is 1. The Morgan fingerprint density at radius 3 is 2.48 bits per heavy atom. The lowest BCUT2D eigenvalue weighted by atomic mass is 10.1. The molecule has 6 nitrogen and oxygen atoms in total. The molecule has 1 aromatic rings. The SMILES string of the molecule is CC(/C=C1\SC(=S)N(C(CC(=O)O)C(=O)O)C1=O)=C\c1ccccc1. The van der Waals surface area contributed by atoms with Crippen molar-refractivity contribution in [1.29, 1.82) is 0 Å². The first-order valence-electron chi connectivity index (χ1n) is 7.24. The Balaban J connectivity index is 2.26.